The second-order valence-electron chi connectivity index (χ2n) is 4.25. The number of benzene rings is 1. The summed E-state index contributed by atoms with van der Waals surface area (Å²) >= 11 is 5.62. The molecule has 3 N–H and O–H groups in total. The Morgan fingerprint density at radius 2 is 1.81 bits per heavy atom. The third-order valence-electron chi connectivity index (χ3n) is 3.17. The van der Waals surface area contributed by atoms with Crippen LogP contribution in [0.4, 0.5) is 8.78 Å². The zero-order valence-electron chi connectivity index (χ0n) is 8.56. The first-order valence-corrected chi connectivity index (χ1v) is 5.49. The minimum atomic E-state index is -1.32. The minimum Gasteiger partial charge on any atom is -0.504 e. The SMILES string of the molecule is NC1(c2cc(Cl)c(O)c(F)c2F)CCCC1. The zero-order valence-corrected chi connectivity index (χ0v) is 9.32. The molecule has 1 aliphatic carbocycles. The standard InChI is InChI=1S/C11H12ClF2NO/c12-7-5-6(8(13)9(14)10(7)16)11(15)3-1-2-4-11/h5,16H,1-4,15H2. The average molecular weight is 248 g/mol. The minimum absolute atomic E-state index is 0.0605. The number of phenols is 1. The fraction of sp³-hybridized carbons (Fsp3) is 0.455. The van der Waals surface area contributed by atoms with Crippen LogP contribution in [0.25, 0.3) is 0 Å². The smallest absolute Gasteiger partial charge is 0.202 e. The average Bonchev–Trinajstić information content (AvgIpc) is 2.68. The summed E-state index contributed by atoms with van der Waals surface area (Å²) in [7, 11) is 0. The summed E-state index contributed by atoms with van der Waals surface area (Å²) in [5.74, 6) is -3.27. The van der Waals surface area contributed by atoms with E-state index in [9.17, 15) is 8.78 Å². The normalized spacial score (nSPS) is 19.0. The lowest BCUT2D eigenvalue weighted by Gasteiger charge is -2.25. The molecule has 1 fully saturated rings. The monoisotopic (exact) mass is 247 g/mol. The maximum Gasteiger partial charge on any atom is 0.202 e. The van der Waals surface area contributed by atoms with Crippen LogP contribution >= 0.6 is 11.6 Å². The van der Waals surface area contributed by atoms with Crippen LogP contribution < -0.4 is 5.73 Å². The van der Waals surface area contributed by atoms with Gasteiger partial charge in [-0.1, -0.05) is 24.4 Å². The van der Waals surface area contributed by atoms with Crippen LogP contribution in [-0.2, 0) is 5.54 Å². The Hall–Kier alpha value is -0.870. The zero-order chi connectivity index (χ0) is 11.9. The summed E-state index contributed by atoms with van der Waals surface area (Å²) < 4.78 is 27.0. The van der Waals surface area contributed by atoms with Crippen LogP contribution in [-0.4, -0.2) is 5.11 Å². The van der Waals surface area contributed by atoms with Gasteiger partial charge >= 0.3 is 0 Å². The highest BCUT2D eigenvalue weighted by Gasteiger charge is 2.35. The third kappa shape index (κ3) is 1.66. The van der Waals surface area contributed by atoms with Gasteiger partial charge in [-0.05, 0) is 18.9 Å². The number of aromatic hydroxyl groups is 1. The highest BCUT2D eigenvalue weighted by atomic mass is 35.5. The molecule has 1 aromatic carbocycles. The molecule has 0 aromatic heterocycles. The van der Waals surface area contributed by atoms with Crippen molar-refractivity contribution in [3.63, 3.8) is 0 Å². The van der Waals surface area contributed by atoms with E-state index in [2.05, 4.69) is 0 Å². The predicted octanol–water partition coefficient (Wildman–Crippen LogP) is 3.05. The molecule has 0 aliphatic heterocycles. The molecule has 0 heterocycles. The predicted molar refractivity (Wildman–Crippen MR) is 57.4 cm³/mol. The topological polar surface area (TPSA) is 46.2 Å². The second-order valence-corrected chi connectivity index (χ2v) is 4.65. The molecule has 2 rings (SSSR count). The summed E-state index contributed by atoms with van der Waals surface area (Å²) in [6, 6.07) is 1.22. The van der Waals surface area contributed by atoms with Gasteiger partial charge in [0.15, 0.2) is 11.6 Å². The van der Waals surface area contributed by atoms with Crippen molar-refractivity contribution >= 4 is 11.6 Å². The molecule has 1 aromatic rings. The van der Waals surface area contributed by atoms with E-state index in [4.69, 9.17) is 22.4 Å². The van der Waals surface area contributed by atoms with Crippen LogP contribution in [0, 0.1) is 11.6 Å². The molecule has 0 spiro atoms. The van der Waals surface area contributed by atoms with Crippen LogP contribution in [0.3, 0.4) is 0 Å². The molecule has 5 heteroatoms. The third-order valence-corrected chi connectivity index (χ3v) is 3.45. The Bertz CT molecular complexity index is 430. The molecule has 0 unspecified atom stereocenters. The molecule has 2 nitrogen and oxygen atoms in total. The molecule has 0 bridgehead atoms. The summed E-state index contributed by atoms with van der Waals surface area (Å²) in [6.45, 7) is 0. The van der Waals surface area contributed by atoms with Gasteiger partial charge in [-0.15, -0.1) is 0 Å². The van der Waals surface area contributed by atoms with E-state index in [1.165, 1.54) is 6.07 Å². The molecular formula is C11H12ClF2NO. The molecule has 1 aliphatic rings. The molecule has 0 radical (unpaired) electrons. The Kier molecular flexibility index (Phi) is 2.80. The first kappa shape index (κ1) is 11.6. The van der Waals surface area contributed by atoms with Gasteiger partial charge in [0.1, 0.15) is 0 Å². The van der Waals surface area contributed by atoms with Gasteiger partial charge in [0.05, 0.1) is 5.02 Å². The number of nitrogens with two attached hydrogens (primary N) is 1. The quantitative estimate of drug-likeness (QED) is 0.750. The summed E-state index contributed by atoms with van der Waals surface area (Å²) in [4.78, 5) is 0. The molecule has 88 valence electrons. The van der Waals surface area contributed by atoms with Gasteiger partial charge in [0, 0.05) is 11.1 Å². The van der Waals surface area contributed by atoms with Crippen molar-refractivity contribution < 1.29 is 13.9 Å². The number of phenolic OH excluding ortho intramolecular Hbond substituents is 1. The Morgan fingerprint density at radius 3 is 2.38 bits per heavy atom. The second kappa shape index (κ2) is 3.86. The van der Waals surface area contributed by atoms with E-state index in [1.807, 2.05) is 0 Å². The van der Waals surface area contributed by atoms with Crippen molar-refractivity contribution in [2.24, 2.45) is 5.73 Å². The van der Waals surface area contributed by atoms with Gasteiger partial charge in [0.25, 0.3) is 0 Å². The molecule has 0 amide bonds. The summed E-state index contributed by atoms with van der Waals surface area (Å²) in [5, 5.41) is 8.95. The van der Waals surface area contributed by atoms with Crippen LogP contribution in [0.2, 0.25) is 5.02 Å². The Morgan fingerprint density at radius 1 is 1.25 bits per heavy atom. The fourth-order valence-electron chi connectivity index (χ4n) is 2.22. The molecule has 0 atom stereocenters. The maximum absolute atomic E-state index is 13.7. The van der Waals surface area contributed by atoms with Crippen molar-refractivity contribution in [1.82, 2.24) is 0 Å². The molecule has 0 saturated heterocycles. The van der Waals surface area contributed by atoms with E-state index < -0.39 is 22.9 Å². The van der Waals surface area contributed by atoms with Gasteiger partial charge in [-0.2, -0.15) is 4.39 Å². The highest BCUT2D eigenvalue weighted by Crippen LogP contribution is 2.41. The van der Waals surface area contributed by atoms with E-state index in [-0.39, 0.29) is 10.6 Å². The maximum atomic E-state index is 13.7. The molecule has 16 heavy (non-hydrogen) atoms. The van der Waals surface area contributed by atoms with Gasteiger partial charge in [-0.3, -0.25) is 0 Å². The van der Waals surface area contributed by atoms with Crippen LogP contribution in [0.15, 0.2) is 6.07 Å². The van der Waals surface area contributed by atoms with E-state index >= 15 is 0 Å². The van der Waals surface area contributed by atoms with Gasteiger partial charge in [0.2, 0.25) is 5.82 Å². The summed E-state index contributed by atoms with van der Waals surface area (Å²) in [6.07, 6.45) is 2.97. The largest absolute Gasteiger partial charge is 0.504 e. The first-order valence-electron chi connectivity index (χ1n) is 5.11. The number of halogens is 3. The van der Waals surface area contributed by atoms with Crippen molar-refractivity contribution in [2.45, 2.75) is 31.2 Å². The van der Waals surface area contributed by atoms with E-state index in [1.54, 1.807) is 0 Å². The van der Waals surface area contributed by atoms with E-state index in [0.29, 0.717) is 12.8 Å². The van der Waals surface area contributed by atoms with Gasteiger partial charge < -0.3 is 10.8 Å². The van der Waals surface area contributed by atoms with Crippen molar-refractivity contribution in [3.05, 3.63) is 28.3 Å². The number of hydrogen-bond donors (Lipinski definition) is 2. The lowest BCUT2D eigenvalue weighted by molar-refractivity contribution is 0.380. The van der Waals surface area contributed by atoms with Crippen molar-refractivity contribution in [2.75, 3.05) is 0 Å². The fourth-order valence-corrected chi connectivity index (χ4v) is 2.42. The highest BCUT2D eigenvalue weighted by molar-refractivity contribution is 6.32. The van der Waals surface area contributed by atoms with E-state index in [0.717, 1.165) is 12.8 Å². The summed E-state index contributed by atoms with van der Waals surface area (Å²) in [5.41, 5.74) is 5.22. The Labute approximate surface area is 97.0 Å². The lowest BCUT2D eigenvalue weighted by Crippen LogP contribution is -2.34. The number of hydrogen-bond acceptors (Lipinski definition) is 2. The van der Waals surface area contributed by atoms with Crippen LogP contribution in [0.1, 0.15) is 31.2 Å². The van der Waals surface area contributed by atoms with Gasteiger partial charge in [-0.25, -0.2) is 4.39 Å². The van der Waals surface area contributed by atoms with Crippen molar-refractivity contribution in [3.8, 4) is 5.75 Å². The molecule has 1 saturated carbocycles. The molecular weight excluding hydrogens is 236 g/mol. The Balaban J connectivity index is 2.57. The van der Waals surface area contributed by atoms with Crippen LogP contribution in [0.5, 0.6) is 5.75 Å². The first-order chi connectivity index (χ1) is 7.46. The lowest BCUT2D eigenvalue weighted by atomic mass is 9.89. The van der Waals surface area contributed by atoms with Crippen molar-refractivity contribution in [1.29, 1.82) is 0 Å². The number of rotatable bonds is 1.